The van der Waals surface area contributed by atoms with Gasteiger partial charge in [-0.2, -0.15) is 0 Å². The van der Waals surface area contributed by atoms with E-state index in [2.05, 4.69) is 87.5 Å². The molecular weight excluding hydrogens is 695 g/mol. The number of nitrogens with zero attached hydrogens (tertiary/aromatic N) is 1. The molecule has 5 nitrogen and oxygen atoms in total. The molecule has 0 bridgehead atoms. The van der Waals surface area contributed by atoms with E-state index >= 15 is 0 Å². The molecule has 0 heterocycles. The summed E-state index contributed by atoms with van der Waals surface area (Å²) in [4.78, 5) is 2.39. The average molecular weight is 790 g/mol. The maximum atomic E-state index is 8.99. The summed E-state index contributed by atoms with van der Waals surface area (Å²) >= 11 is 0. The second-order valence-corrected chi connectivity index (χ2v) is 19.7. The predicted molar refractivity (Wildman–Crippen MR) is 245 cm³/mol. The Balaban J connectivity index is 4.36. The van der Waals surface area contributed by atoms with Crippen molar-refractivity contribution < 1.29 is 18.7 Å². The number of unbranched alkanes of at least 4 members (excludes halogenated alkanes) is 21. The summed E-state index contributed by atoms with van der Waals surface area (Å²) in [6, 6.07) is 0. The van der Waals surface area contributed by atoms with Crippen molar-refractivity contribution in [3.63, 3.8) is 0 Å². The van der Waals surface area contributed by atoms with Gasteiger partial charge in [0, 0.05) is 19.8 Å². The van der Waals surface area contributed by atoms with Crippen LogP contribution in [0.15, 0.2) is 48.6 Å². The minimum atomic E-state index is -2.27. The third-order valence-corrected chi connectivity index (χ3v) is 12.0. The topological polar surface area (TPSA) is 51.2 Å². The molecule has 0 aromatic rings. The molecule has 0 spiro atoms. The van der Waals surface area contributed by atoms with Crippen LogP contribution in [-0.2, 0) is 13.6 Å². The van der Waals surface area contributed by atoms with Crippen molar-refractivity contribution in [3.8, 4) is 0 Å². The fraction of sp³-hybridized carbons (Fsp3) is 0.837. The van der Waals surface area contributed by atoms with Gasteiger partial charge in [-0.25, -0.2) is 0 Å². The molecule has 0 saturated carbocycles. The molecule has 1 atom stereocenters. The number of aliphatic hydroxyl groups excluding tert-OH is 1. The van der Waals surface area contributed by atoms with E-state index in [-0.39, 0.29) is 6.29 Å². The Labute approximate surface area is 345 Å². The number of hydrogen-bond acceptors (Lipinski definition) is 5. The highest BCUT2D eigenvalue weighted by atomic mass is 28.4. The van der Waals surface area contributed by atoms with Gasteiger partial charge in [-0.05, 0) is 142 Å². The Bertz CT molecular complexity index is 873. The number of aliphatic hydroxyl groups is 1. The van der Waals surface area contributed by atoms with Crippen LogP contribution in [0.3, 0.4) is 0 Å². The lowest BCUT2D eigenvalue weighted by atomic mass is 10.1. The summed E-state index contributed by atoms with van der Waals surface area (Å²) < 4.78 is 19.5. The van der Waals surface area contributed by atoms with Crippen molar-refractivity contribution in [1.29, 1.82) is 0 Å². The zero-order chi connectivity index (χ0) is 40.2. The average Bonchev–Trinajstić information content (AvgIpc) is 3.17. The first-order valence-electron chi connectivity index (χ1n) is 23.8. The van der Waals surface area contributed by atoms with Gasteiger partial charge in [0.25, 0.3) is 0 Å². The molecule has 0 saturated heterocycles. The molecule has 6 heteroatoms. The molecule has 0 aliphatic heterocycles. The van der Waals surface area contributed by atoms with Gasteiger partial charge in [0.05, 0.1) is 0 Å². The van der Waals surface area contributed by atoms with Gasteiger partial charge >= 0.3 is 8.56 Å². The summed E-state index contributed by atoms with van der Waals surface area (Å²) in [5.41, 5.74) is 0. The van der Waals surface area contributed by atoms with Gasteiger partial charge in [0.15, 0.2) is 0 Å². The Hall–Kier alpha value is -1.02. The normalized spacial score (nSPS) is 13.3. The largest absolute Gasteiger partial charge is 0.396 e. The Morgan fingerprint density at radius 3 is 1.42 bits per heavy atom. The third kappa shape index (κ3) is 43.9. The highest BCUT2D eigenvalue weighted by Gasteiger charge is 2.29. The van der Waals surface area contributed by atoms with E-state index in [0.29, 0.717) is 6.61 Å². The summed E-state index contributed by atoms with van der Waals surface area (Å²) in [6.45, 7) is 13.0. The van der Waals surface area contributed by atoms with Crippen LogP contribution in [-0.4, -0.2) is 64.8 Å². The minimum Gasteiger partial charge on any atom is -0.396 e. The fourth-order valence-corrected chi connectivity index (χ4v) is 8.24. The second kappa shape index (κ2) is 44.1. The number of rotatable bonds is 44. The van der Waals surface area contributed by atoms with Crippen LogP contribution in [0.2, 0.25) is 13.1 Å². The van der Waals surface area contributed by atoms with Crippen molar-refractivity contribution in [2.45, 2.75) is 226 Å². The molecular formula is C49H95NO4Si. The van der Waals surface area contributed by atoms with E-state index in [1.54, 1.807) is 0 Å². The zero-order valence-electron chi connectivity index (χ0n) is 37.6. The lowest BCUT2D eigenvalue weighted by Gasteiger charge is -2.29. The van der Waals surface area contributed by atoms with E-state index < -0.39 is 8.56 Å². The summed E-state index contributed by atoms with van der Waals surface area (Å²) in [6.07, 6.45) is 55.3. The Morgan fingerprint density at radius 2 is 0.909 bits per heavy atom. The van der Waals surface area contributed by atoms with Gasteiger partial charge in [-0.3, -0.25) is 0 Å². The van der Waals surface area contributed by atoms with E-state index in [4.69, 9.17) is 18.7 Å². The molecule has 0 aliphatic carbocycles. The molecule has 0 aromatic heterocycles. The molecule has 55 heavy (non-hydrogen) atoms. The maximum Gasteiger partial charge on any atom is 0.333 e. The minimum absolute atomic E-state index is 0.140. The summed E-state index contributed by atoms with van der Waals surface area (Å²) in [7, 11) is -0.0769. The number of allylic oxidation sites excluding steroid dienone is 8. The standard InChI is InChI=1S/C49H95NO4Si/c1-6-8-10-12-14-16-18-20-22-24-26-28-30-32-35-41-47-52-49(43-37-33-31-29-27-25-23-21-19-17-15-13-11-9-7-2)54-55(4,5)53-48-42-36-34-38-44-50(3)45-39-40-46-51/h14-17,20-23,49,51H,6-13,18-19,24-48H2,1-5H3/b16-14-,17-15-,22-20-,23-21-. The van der Waals surface area contributed by atoms with Gasteiger partial charge in [-0.15, -0.1) is 0 Å². The fourth-order valence-electron chi connectivity index (χ4n) is 6.71. The van der Waals surface area contributed by atoms with E-state index in [1.807, 2.05) is 0 Å². The molecule has 0 fully saturated rings. The predicted octanol–water partition coefficient (Wildman–Crippen LogP) is 15.0. The van der Waals surface area contributed by atoms with Gasteiger partial charge in [0.1, 0.15) is 6.29 Å². The molecule has 324 valence electrons. The number of hydrogen-bond donors (Lipinski definition) is 1. The Morgan fingerprint density at radius 1 is 0.491 bits per heavy atom. The first-order chi connectivity index (χ1) is 26.9. The van der Waals surface area contributed by atoms with E-state index in [0.717, 1.165) is 77.7 Å². The highest BCUT2D eigenvalue weighted by molar-refractivity contribution is 6.64. The summed E-state index contributed by atoms with van der Waals surface area (Å²) in [5.74, 6) is 0. The number of ether oxygens (including phenoxy) is 1. The molecule has 0 amide bonds. The first-order valence-corrected chi connectivity index (χ1v) is 26.6. The molecule has 0 aromatic carbocycles. The smallest absolute Gasteiger partial charge is 0.333 e. The Kier molecular flexibility index (Phi) is 43.3. The monoisotopic (exact) mass is 790 g/mol. The molecule has 0 rings (SSSR count). The van der Waals surface area contributed by atoms with Crippen LogP contribution in [0.4, 0.5) is 0 Å². The van der Waals surface area contributed by atoms with Crippen molar-refractivity contribution in [1.82, 2.24) is 4.90 Å². The van der Waals surface area contributed by atoms with Gasteiger partial charge in [0.2, 0.25) is 0 Å². The third-order valence-electron chi connectivity index (χ3n) is 10.3. The van der Waals surface area contributed by atoms with Gasteiger partial charge in [-0.1, -0.05) is 146 Å². The van der Waals surface area contributed by atoms with E-state index in [1.165, 1.54) is 141 Å². The van der Waals surface area contributed by atoms with Crippen molar-refractivity contribution in [2.24, 2.45) is 0 Å². The van der Waals surface area contributed by atoms with Crippen molar-refractivity contribution >= 4 is 8.56 Å². The van der Waals surface area contributed by atoms with Crippen molar-refractivity contribution in [3.05, 3.63) is 48.6 Å². The summed E-state index contributed by atoms with van der Waals surface area (Å²) in [5, 5.41) is 8.99. The molecule has 0 aliphatic rings. The first kappa shape index (κ1) is 54.0. The molecule has 1 N–H and O–H groups in total. The van der Waals surface area contributed by atoms with Crippen LogP contribution in [0.5, 0.6) is 0 Å². The van der Waals surface area contributed by atoms with Crippen LogP contribution < -0.4 is 0 Å². The van der Waals surface area contributed by atoms with Crippen LogP contribution in [0.25, 0.3) is 0 Å². The molecule has 0 radical (unpaired) electrons. The zero-order valence-corrected chi connectivity index (χ0v) is 38.6. The maximum absolute atomic E-state index is 8.99. The van der Waals surface area contributed by atoms with Crippen LogP contribution in [0.1, 0.15) is 206 Å². The van der Waals surface area contributed by atoms with Crippen LogP contribution in [0, 0.1) is 0 Å². The highest BCUT2D eigenvalue weighted by Crippen LogP contribution is 2.19. The van der Waals surface area contributed by atoms with Crippen LogP contribution >= 0.6 is 0 Å². The molecule has 1 unspecified atom stereocenters. The SMILES string of the molecule is CCCCC/C=C\C/C=C\CCCCCCCCOC(CCCCCCC/C=C\C/C=C\CCCCC)O[Si](C)(C)OCCCCCCN(C)CCCCO. The quantitative estimate of drug-likeness (QED) is 0.0288. The van der Waals surface area contributed by atoms with E-state index in [9.17, 15) is 0 Å². The second-order valence-electron chi connectivity index (χ2n) is 16.4. The van der Waals surface area contributed by atoms with Gasteiger partial charge < -0.3 is 23.6 Å². The van der Waals surface area contributed by atoms with Crippen molar-refractivity contribution in [2.75, 3.05) is 40.0 Å². The lowest BCUT2D eigenvalue weighted by Crippen LogP contribution is -2.40. The lowest BCUT2D eigenvalue weighted by molar-refractivity contribution is -0.104.